The molecule has 9 heteroatoms. The molecule has 0 fully saturated rings. The van der Waals surface area contributed by atoms with E-state index < -0.39 is 46.4 Å². The number of allylic oxidation sites excluding steroid dienone is 5. The predicted molar refractivity (Wildman–Crippen MR) is 105 cm³/mol. The molecule has 31 heavy (non-hydrogen) atoms. The molecule has 0 radical (unpaired) electrons. The fraction of sp³-hybridized carbons (Fsp3) is 0.0909. The van der Waals surface area contributed by atoms with E-state index in [2.05, 4.69) is 9.97 Å². The maximum Gasteiger partial charge on any atom is 0.337 e. The summed E-state index contributed by atoms with van der Waals surface area (Å²) in [7, 11) is 0. The number of carboxylic acid groups (broad SMARTS) is 1. The second-order valence-corrected chi connectivity index (χ2v) is 6.63. The quantitative estimate of drug-likeness (QED) is 0.414. The minimum atomic E-state index is -1.74. The van der Waals surface area contributed by atoms with Crippen LogP contribution in [0, 0.1) is 23.3 Å². The summed E-state index contributed by atoms with van der Waals surface area (Å²) < 4.78 is 64.0. The molecule has 0 spiro atoms. The lowest BCUT2D eigenvalue weighted by Crippen LogP contribution is -2.06. The van der Waals surface area contributed by atoms with Crippen LogP contribution in [-0.4, -0.2) is 21.0 Å². The molecule has 0 amide bonds. The number of imidazole rings is 1. The van der Waals surface area contributed by atoms with E-state index in [1.165, 1.54) is 30.4 Å². The summed E-state index contributed by atoms with van der Waals surface area (Å²) in [5.41, 5.74) is -1.32. The van der Waals surface area contributed by atoms with E-state index >= 15 is 0 Å². The van der Waals surface area contributed by atoms with Crippen LogP contribution in [0.5, 0.6) is 5.75 Å². The van der Waals surface area contributed by atoms with Crippen LogP contribution in [0.15, 0.2) is 54.3 Å². The third-order valence-electron chi connectivity index (χ3n) is 4.60. The van der Waals surface area contributed by atoms with Crippen molar-refractivity contribution in [1.82, 2.24) is 9.97 Å². The molecule has 2 N–H and O–H groups in total. The predicted octanol–water partition coefficient (Wildman–Crippen LogP) is 5.65. The average Bonchev–Trinajstić information content (AvgIpc) is 3.14. The molecule has 2 aromatic carbocycles. The lowest BCUT2D eigenvalue weighted by molar-refractivity contribution is 0.0699. The number of para-hydroxylation sites is 1. The van der Waals surface area contributed by atoms with E-state index in [4.69, 9.17) is 4.74 Å². The number of ether oxygens (including phenoxy) is 1. The largest absolute Gasteiger partial charge is 0.478 e. The van der Waals surface area contributed by atoms with Gasteiger partial charge in [0.25, 0.3) is 0 Å². The van der Waals surface area contributed by atoms with Crippen molar-refractivity contribution in [2.75, 3.05) is 0 Å². The van der Waals surface area contributed by atoms with Gasteiger partial charge in [0.05, 0.1) is 16.6 Å². The molecule has 0 bridgehead atoms. The average molecular weight is 430 g/mol. The first-order valence-electron chi connectivity index (χ1n) is 9.18. The van der Waals surface area contributed by atoms with E-state index in [1.54, 1.807) is 18.2 Å². The van der Waals surface area contributed by atoms with Crippen molar-refractivity contribution >= 4 is 17.0 Å². The number of benzene rings is 2. The summed E-state index contributed by atoms with van der Waals surface area (Å²) in [5.74, 6) is -10.1. The molecule has 158 valence electrons. The fourth-order valence-electron chi connectivity index (χ4n) is 3.12. The highest BCUT2D eigenvalue weighted by Crippen LogP contribution is 2.36. The Balaban J connectivity index is 1.83. The standard InChI is InChI=1S/C22H14F4N2O3/c23-15-14(21-27-13-10-6-9-12(22(29)30)19(13)28-21)16(24)18(26)20(17(15)25)31-11-7-4-2-1-3-5-8-11/h2,4-10H,1,3H2,(H,27,28)(H,29,30)/b4-2-,8-5?,11-7+. The Bertz CT molecular complexity index is 1260. The van der Waals surface area contributed by atoms with E-state index in [0.717, 1.165) is 6.42 Å². The number of aromatic nitrogens is 2. The number of aromatic amines is 1. The van der Waals surface area contributed by atoms with Crippen molar-refractivity contribution in [3.8, 4) is 17.1 Å². The molecule has 5 nitrogen and oxygen atoms in total. The van der Waals surface area contributed by atoms with Gasteiger partial charge in [-0.1, -0.05) is 24.3 Å². The summed E-state index contributed by atoms with van der Waals surface area (Å²) >= 11 is 0. The molecule has 0 saturated heterocycles. The van der Waals surface area contributed by atoms with Crippen LogP contribution in [-0.2, 0) is 0 Å². The normalized spacial score (nSPS) is 16.5. The Morgan fingerprint density at radius 2 is 1.74 bits per heavy atom. The Labute approximate surface area is 173 Å². The van der Waals surface area contributed by atoms with Crippen LogP contribution in [0.2, 0.25) is 0 Å². The second-order valence-electron chi connectivity index (χ2n) is 6.63. The zero-order chi connectivity index (χ0) is 22.1. The van der Waals surface area contributed by atoms with Crippen LogP contribution in [0.3, 0.4) is 0 Å². The van der Waals surface area contributed by atoms with Gasteiger partial charge in [-0.15, -0.1) is 0 Å². The number of hydrogen-bond donors (Lipinski definition) is 2. The molecule has 0 aliphatic heterocycles. The number of rotatable bonds is 4. The van der Waals surface area contributed by atoms with Gasteiger partial charge in [-0.05, 0) is 37.1 Å². The molecule has 1 aliphatic carbocycles. The summed E-state index contributed by atoms with van der Waals surface area (Å²) in [6, 6.07) is 4.05. The summed E-state index contributed by atoms with van der Waals surface area (Å²) in [5, 5.41) is 9.24. The van der Waals surface area contributed by atoms with Gasteiger partial charge in [-0.2, -0.15) is 8.78 Å². The first kappa shape index (κ1) is 20.4. The molecular weight excluding hydrogens is 416 g/mol. The highest BCUT2D eigenvalue weighted by Gasteiger charge is 2.30. The Hall–Kier alpha value is -3.88. The fourth-order valence-corrected chi connectivity index (χ4v) is 3.12. The Morgan fingerprint density at radius 1 is 1.03 bits per heavy atom. The summed E-state index contributed by atoms with van der Waals surface area (Å²) in [4.78, 5) is 17.7. The number of aromatic carboxylic acids is 1. The van der Waals surface area contributed by atoms with Gasteiger partial charge in [0.1, 0.15) is 17.1 Å². The van der Waals surface area contributed by atoms with Gasteiger partial charge in [0.15, 0.2) is 11.6 Å². The maximum absolute atomic E-state index is 14.8. The molecule has 1 aliphatic rings. The first-order chi connectivity index (χ1) is 14.9. The smallest absolute Gasteiger partial charge is 0.337 e. The number of halogens is 4. The second kappa shape index (κ2) is 8.10. The number of nitrogens with zero attached hydrogens (tertiary/aromatic N) is 1. The topological polar surface area (TPSA) is 75.2 Å². The van der Waals surface area contributed by atoms with Crippen LogP contribution >= 0.6 is 0 Å². The van der Waals surface area contributed by atoms with Gasteiger partial charge in [0, 0.05) is 0 Å². The van der Waals surface area contributed by atoms with E-state index in [9.17, 15) is 27.5 Å². The molecule has 1 aromatic heterocycles. The Morgan fingerprint density at radius 3 is 2.45 bits per heavy atom. The van der Waals surface area contributed by atoms with Gasteiger partial charge < -0.3 is 14.8 Å². The van der Waals surface area contributed by atoms with E-state index in [1.807, 2.05) is 0 Å². The van der Waals surface area contributed by atoms with Gasteiger partial charge in [0.2, 0.25) is 17.4 Å². The SMILES string of the molecule is O=C(O)c1cccc2[nH]c(-c3c(F)c(F)c(O/C4=C/C=C\CCC=C4)c(F)c3F)nc12. The zero-order valence-electron chi connectivity index (χ0n) is 15.8. The molecule has 0 saturated carbocycles. The van der Waals surface area contributed by atoms with Crippen LogP contribution < -0.4 is 4.74 Å². The Kier molecular flexibility index (Phi) is 5.33. The zero-order valence-corrected chi connectivity index (χ0v) is 15.8. The number of nitrogens with one attached hydrogen (secondary N) is 1. The lowest BCUT2D eigenvalue weighted by Gasteiger charge is -2.12. The minimum absolute atomic E-state index is 0.00450. The van der Waals surface area contributed by atoms with Crippen LogP contribution in [0.25, 0.3) is 22.4 Å². The van der Waals surface area contributed by atoms with Gasteiger partial charge in [-0.3, -0.25) is 0 Å². The summed E-state index contributed by atoms with van der Waals surface area (Å²) in [6.45, 7) is 0. The third-order valence-corrected chi connectivity index (χ3v) is 4.60. The van der Waals surface area contributed by atoms with Crippen LogP contribution in [0.4, 0.5) is 17.6 Å². The van der Waals surface area contributed by atoms with Crippen molar-refractivity contribution in [2.45, 2.75) is 12.8 Å². The first-order valence-corrected chi connectivity index (χ1v) is 9.18. The molecule has 1 heterocycles. The van der Waals surface area contributed by atoms with E-state index in [0.29, 0.717) is 6.42 Å². The lowest BCUT2D eigenvalue weighted by atomic mass is 10.1. The highest BCUT2D eigenvalue weighted by molar-refractivity contribution is 6.01. The van der Waals surface area contributed by atoms with Crippen molar-refractivity contribution < 1.29 is 32.2 Å². The number of H-pyrrole nitrogens is 1. The number of fused-ring (bicyclic) bond motifs is 1. The third kappa shape index (κ3) is 3.70. The number of carboxylic acids is 1. The van der Waals surface area contributed by atoms with E-state index in [-0.39, 0.29) is 22.4 Å². The highest BCUT2D eigenvalue weighted by atomic mass is 19.2. The van der Waals surface area contributed by atoms with Crippen molar-refractivity contribution in [3.63, 3.8) is 0 Å². The van der Waals surface area contributed by atoms with Crippen molar-refractivity contribution in [1.29, 1.82) is 0 Å². The number of carbonyl (C=O) groups is 1. The van der Waals surface area contributed by atoms with Crippen molar-refractivity contribution in [3.05, 3.63) is 83.2 Å². The van der Waals surface area contributed by atoms with Crippen molar-refractivity contribution in [2.24, 2.45) is 0 Å². The molecular formula is C22H14F4N2O3. The molecule has 3 aromatic rings. The summed E-state index contributed by atoms with van der Waals surface area (Å²) in [6.07, 6.45) is 9.38. The molecule has 0 atom stereocenters. The number of hydrogen-bond acceptors (Lipinski definition) is 3. The van der Waals surface area contributed by atoms with Gasteiger partial charge >= 0.3 is 5.97 Å². The van der Waals surface area contributed by atoms with Crippen LogP contribution in [0.1, 0.15) is 23.2 Å². The monoisotopic (exact) mass is 430 g/mol. The molecule has 0 unspecified atom stereocenters. The van der Waals surface area contributed by atoms with Gasteiger partial charge in [-0.25, -0.2) is 18.6 Å². The minimum Gasteiger partial charge on any atom is -0.478 e. The maximum atomic E-state index is 14.8. The molecule has 4 rings (SSSR count).